The summed E-state index contributed by atoms with van der Waals surface area (Å²) in [6, 6.07) is 18.4. The van der Waals surface area contributed by atoms with E-state index in [9.17, 15) is 14.9 Å². The zero-order valence-corrected chi connectivity index (χ0v) is 16.6. The smallest absolute Gasteiger partial charge is 0.270 e. The predicted octanol–water partition coefficient (Wildman–Crippen LogP) is 3.73. The molecular weight excluding hydrogens is 386 g/mol. The third-order valence-electron chi connectivity index (χ3n) is 4.44. The molecule has 6 nitrogen and oxygen atoms in total. The zero-order chi connectivity index (χ0) is 20.8. The first-order valence-electron chi connectivity index (χ1n) is 9.03. The summed E-state index contributed by atoms with van der Waals surface area (Å²) in [5.74, 6) is -0.235. The summed E-state index contributed by atoms with van der Waals surface area (Å²) in [6.45, 7) is 2.43. The number of benzene rings is 2. The SMILES string of the molecule is Cc1ccc[n+]([C@@H](C(=O)c2ccc([N+](=O)[O-])cc2)C(=S)NCc2ccccc2)c1. The minimum Gasteiger partial charge on any atom is -0.370 e. The molecule has 1 heterocycles. The molecule has 0 radical (unpaired) electrons. The van der Waals surface area contributed by atoms with E-state index in [2.05, 4.69) is 5.32 Å². The molecule has 0 amide bonds. The lowest BCUT2D eigenvalue weighted by atomic mass is 10.0. The van der Waals surface area contributed by atoms with Crippen molar-refractivity contribution in [1.82, 2.24) is 5.32 Å². The van der Waals surface area contributed by atoms with Crippen molar-refractivity contribution in [3.63, 3.8) is 0 Å². The van der Waals surface area contributed by atoms with Crippen molar-refractivity contribution in [2.75, 3.05) is 0 Å². The number of non-ortho nitro benzene ring substituents is 1. The van der Waals surface area contributed by atoms with Gasteiger partial charge in [-0.1, -0.05) is 42.5 Å². The number of aryl methyl sites for hydroxylation is 1. The Morgan fingerprint density at radius 3 is 2.41 bits per heavy atom. The van der Waals surface area contributed by atoms with Gasteiger partial charge in [0.15, 0.2) is 17.4 Å². The van der Waals surface area contributed by atoms with Gasteiger partial charge in [0.1, 0.15) is 0 Å². The van der Waals surface area contributed by atoms with Crippen LogP contribution in [0.3, 0.4) is 0 Å². The van der Waals surface area contributed by atoms with E-state index in [1.807, 2.05) is 55.6 Å². The monoisotopic (exact) mass is 406 g/mol. The van der Waals surface area contributed by atoms with E-state index in [0.29, 0.717) is 17.1 Å². The zero-order valence-electron chi connectivity index (χ0n) is 15.8. The Balaban J connectivity index is 1.89. The van der Waals surface area contributed by atoms with Crippen LogP contribution >= 0.6 is 12.2 Å². The second kappa shape index (κ2) is 9.16. The summed E-state index contributed by atoms with van der Waals surface area (Å²) in [4.78, 5) is 24.1. The Kier molecular flexibility index (Phi) is 6.41. The summed E-state index contributed by atoms with van der Waals surface area (Å²) >= 11 is 5.58. The molecule has 0 fully saturated rings. The number of carbonyl (C=O) groups excluding carboxylic acids is 1. The third-order valence-corrected chi connectivity index (χ3v) is 4.80. The lowest BCUT2D eigenvalue weighted by molar-refractivity contribution is -0.692. The van der Waals surface area contributed by atoms with E-state index in [4.69, 9.17) is 12.2 Å². The van der Waals surface area contributed by atoms with Crippen LogP contribution in [-0.2, 0) is 6.54 Å². The highest BCUT2D eigenvalue weighted by molar-refractivity contribution is 7.80. The number of hydrogen-bond donors (Lipinski definition) is 1. The number of aromatic nitrogens is 1. The molecule has 0 saturated heterocycles. The molecule has 0 bridgehead atoms. The van der Waals surface area contributed by atoms with Gasteiger partial charge in [0.05, 0.1) is 4.92 Å². The Morgan fingerprint density at radius 2 is 1.79 bits per heavy atom. The fraction of sp³-hybridized carbons (Fsp3) is 0.136. The van der Waals surface area contributed by atoms with Gasteiger partial charge in [-0.15, -0.1) is 0 Å². The van der Waals surface area contributed by atoms with Crippen molar-refractivity contribution in [2.45, 2.75) is 19.5 Å². The number of nitrogens with zero attached hydrogens (tertiary/aromatic N) is 2. The second-order valence-corrected chi connectivity index (χ2v) is 7.04. The van der Waals surface area contributed by atoms with Crippen molar-refractivity contribution in [1.29, 1.82) is 0 Å². The summed E-state index contributed by atoms with van der Waals surface area (Å²) in [5.41, 5.74) is 2.33. The van der Waals surface area contributed by atoms with Crippen LogP contribution in [0.2, 0.25) is 0 Å². The number of pyridine rings is 1. The molecule has 0 aliphatic rings. The van der Waals surface area contributed by atoms with Crippen molar-refractivity contribution >= 4 is 28.7 Å². The number of ketones is 1. The van der Waals surface area contributed by atoms with Crippen LogP contribution in [0.1, 0.15) is 27.5 Å². The van der Waals surface area contributed by atoms with Crippen LogP contribution in [0.4, 0.5) is 5.69 Å². The van der Waals surface area contributed by atoms with E-state index < -0.39 is 11.0 Å². The first-order chi connectivity index (χ1) is 14.0. The van der Waals surface area contributed by atoms with Gasteiger partial charge in [-0.3, -0.25) is 14.9 Å². The van der Waals surface area contributed by atoms with E-state index >= 15 is 0 Å². The first-order valence-corrected chi connectivity index (χ1v) is 9.44. The number of rotatable bonds is 7. The molecule has 0 spiro atoms. The van der Waals surface area contributed by atoms with Crippen LogP contribution < -0.4 is 9.88 Å². The Morgan fingerprint density at radius 1 is 1.10 bits per heavy atom. The third kappa shape index (κ3) is 5.08. The van der Waals surface area contributed by atoms with Gasteiger partial charge in [0.25, 0.3) is 11.7 Å². The molecule has 3 aromatic rings. The van der Waals surface area contributed by atoms with Gasteiger partial charge >= 0.3 is 0 Å². The van der Waals surface area contributed by atoms with E-state index in [0.717, 1.165) is 11.1 Å². The fourth-order valence-corrected chi connectivity index (χ4v) is 3.25. The Bertz CT molecular complexity index is 1040. The van der Waals surface area contributed by atoms with E-state index in [-0.39, 0.29) is 11.5 Å². The molecule has 29 heavy (non-hydrogen) atoms. The fourth-order valence-electron chi connectivity index (χ4n) is 2.95. The number of thiocarbonyl (C=S) groups is 1. The molecule has 0 saturated carbocycles. The maximum atomic E-state index is 13.3. The molecular formula is C22H20N3O3S+. The largest absolute Gasteiger partial charge is 0.370 e. The van der Waals surface area contributed by atoms with Gasteiger partial charge in [-0.2, -0.15) is 4.57 Å². The average molecular weight is 406 g/mol. The number of nitrogens with one attached hydrogen (secondary N) is 1. The van der Waals surface area contributed by atoms with Gasteiger partial charge in [0.2, 0.25) is 5.78 Å². The van der Waals surface area contributed by atoms with E-state index in [1.165, 1.54) is 24.3 Å². The maximum absolute atomic E-state index is 13.3. The summed E-state index contributed by atoms with van der Waals surface area (Å²) < 4.78 is 1.76. The number of carbonyl (C=O) groups is 1. The van der Waals surface area contributed by atoms with E-state index in [1.54, 1.807) is 10.8 Å². The van der Waals surface area contributed by atoms with Crippen LogP contribution in [0.15, 0.2) is 79.1 Å². The minimum absolute atomic E-state index is 0.0638. The number of nitro groups is 1. The Labute approximate surface area is 174 Å². The molecule has 146 valence electrons. The molecule has 3 rings (SSSR count). The molecule has 1 aromatic heterocycles. The van der Waals surface area contributed by atoms with Crippen LogP contribution in [-0.4, -0.2) is 15.7 Å². The molecule has 7 heteroatoms. The van der Waals surface area contributed by atoms with Gasteiger partial charge in [0, 0.05) is 35.9 Å². The topological polar surface area (TPSA) is 76.1 Å². The molecule has 1 N–H and O–H groups in total. The van der Waals surface area contributed by atoms with Crippen molar-refractivity contribution in [3.8, 4) is 0 Å². The molecule has 2 aromatic carbocycles. The van der Waals surface area contributed by atoms with Crippen molar-refractivity contribution < 1.29 is 14.3 Å². The Hall–Kier alpha value is -3.45. The van der Waals surface area contributed by atoms with Crippen LogP contribution in [0, 0.1) is 17.0 Å². The lowest BCUT2D eigenvalue weighted by Gasteiger charge is -2.15. The van der Waals surface area contributed by atoms with Crippen LogP contribution in [0.25, 0.3) is 0 Å². The van der Waals surface area contributed by atoms with Gasteiger partial charge in [-0.05, 0) is 30.7 Å². The molecule has 0 unspecified atom stereocenters. The van der Waals surface area contributed by atoms with Gasteiger partial charge in [-0.25, -0.2) is 0 Å². The maximum Gasteiger partial charge on any atom is 0.270 e. The normalized spacial score (nSPS) is 11.5. The van der Waals surface area contributed by atoms with Crippen molar-refractivity contribution in [3.05, 3.63) is 106 Å². The summed E-state index contributed by atoms with van der Waals surface area (Å²) in [5, 5.41) is 14.1. The standard InChI is InChI=1S/C22H19N3O3S/c1-16-6-5-13-24(15-16)20(22(29)23-14-17-7-3-2-4-8-17)21(26)18-9-11-19(12-10-18)25(27)28/h2-13,15,20H,14H2,1H3/p+1/t20-/m0/s1. The highest BCUT2D eigenvalue weighted by Gasteiger charge is 2.33. The summed E-state index contributed by atoms with van der Waals surface area (Å²) in [7, 11) is 0. The van der Waals surface area contributed by atoms with Crippen LogP contribution in [0.5, 0.6) is 0 Å². The highest BCUT2D eigenvalue weighted by Crippen LogP contribution is 2.16. The van der Waals surface area contributed by atoms with Crippen molar-refractivity contribution in [2.24, 2.45) is 0 Å². The first kappa shape index (κ1) is 20.3. The lowest BCUT2D eigenvalue weighted by Crippen LogP contribution is -2.51. The molecule has 1 atom stereocenters. The number of Topliss-reactive ketones (excluding diaryl/α,β-unsaturated/α-hetero) is 1. The average Bonchev–Trinajstić information content (AvgIpc) is 2.73. The molecule has 0 aliphatic heterocycles. The number of nitro benzene ring substituents is 1. The quantitative estimate of drug-likeness (QED) is 0.213. The number of hydrogen-bond acceptors (Lipinski definition) is 4. The van der Waals surface area contributed by atoms with Gasteiger partial charge < -0.3 is 5.32 Å². The second-order valence-electron chi connectivity index (χ2n) is 6.60. The predicted molar refractivity (Wildman–Crippen MR) is 114 cm³/mol. The molecule has 0 aliphatic carbocycles. The highest BCUT2D eigenvalue weighted by atomic mass is 32.1. The summed E-state index contributed by atoms with van der Waals surface area (Å²) in [6.07, 6.45) is 3.64. The minimum atomic E-state index is -0.755.